The topological polar surface area (TPSA) is 134 Å². The van der Waals surface area contributed by atoms with Crippen LogP contribution in [0.5, 0.6) is 0 Å². The molecule has 0 N–H and O–H groups in total. The minimum absolute atomic E-state index is 0.00467. The average Bonchev–Trinajstić information content (AvgIpc) is 1.61. The van der Waals surface area contributed by atoms with Crippen molar-refractivity contribution in [3.63, 3.8) is 0 Å². The molecule has 0 atom stereocenters. The first kappa shape index (κ1) is 62.6. The molecule has 486 valence electrons. The molecule has 9 heterocycles. The first-order chi connectivity index (χ1) is 44.5. The van der Waals surface area contributed by atoms with Gasteiger partial charge in [0.25, 0.3) is 0 Å². The van der Waals surface area contributed by atoms with Crippen molar-refractivity contribution in [2.75, 3.05) is 0 Å². The second-order valence-electron chi connectivity index (χ2n) is 24.3. The molecular formula is C67H63F11N12O3. The van der Waals surface area contributed by atoms with Gasteiger partial charge in [0.05, 0.1) is 74.8 Å². The number of imidazole rings is 3. The van der Waals surface area contributed by atoms with E-state index in [1.54, 1.807) is 71.9 Å². The molecular weight excluding hydrogens is 1230 g/mol. The Hall–Kier alpha value is -9.23. The molecule has 3 aliphatic carbocycles. The number of nitrogens with zero attached hydrogens (tertiary/aromatic N) is 12. The highest BCUT2D eigenvalue weighted by atomic mass is 19.4. The van der Waals surface area contributed by atoms with Gasteiger partial charge < -0.3 is 13.7 Å². The Morgan fingerprint density at radius 3 is 1.37 bits per heavy atom. The lowest BCUT2D eigenvalue weighted by Gasteiger charge is -2.13. The van der Waals surface area contributed by atoms with Crippen LogP contribution in [0.4, 0.5) is 48.3 Å². The Morgan fingerprint density at radius 1 is 0.430 bits per heavy atom. The smallest absolute Gasteiger partial charge is 0.343 e. The minimum atomic E-state index is -4.28. The number of para-hydroxylation sites is 5. The van der Waals surface area contributed by atoms with Crippen LogP contribution in [-0.2, 0) is 39.3 Å². The van der Waals surface area contributed by atoms with Crippen LogP contribution >= 0.6 is 0 Å². The van der Waals surface area contributed by atoms with E-state index in [2.05, 4.69) is 15.0 Å². The van der Waals surface area contributed by atoms with Crippen LogP contribution in [0.1, 0.15) is 118 Å². The molecule has 15 nitrogen and oxygen atoms in total. The number of hydrogen-bond acceptors (Lipinski definition) is 6. The van der Waals surface area contributed by atoms with Gasteiger partial charge in [0.2, 0.25) is 0 Å². The standard InChI is InChI=1S/C23H23F3N4O.2C22H20F4N4O/c1-15-17-13-27-11-9-18(17)28(12-4-10-23(24,25)26)21(15)14-29-19-5-2-3-6-20(19)30(22(29)31)16-7-8-16;23-17-3-1-4-19-20(17)29(21(31)30(19)15-5-6-15)13-16-11-14-12-27-9-7-18(14)28(16)10-2-8-22(24,25)26;23-20-15-12-27-10-8-16(15)28(11-3-9-22(24,25)26)19(20)13-29-17-4-1-2-5-18(17)30(21(29)31)14-6-7-14/h2-3,5-6,9,11,13,16H,4,7-8,10,12,14H2,1H3;1,3-4,7,9,11-12,15H,2,5-6,8,10,13H2;1-2,4-5,8,10,12,14H,3,6-7,9,11,13H2. The van der Waals surface area contributed by atoms with E-state index >= 15 is 4.39 Å². The number of fused-ring (bicyclic) bond motifs is 6. The van der Waals surface area contributed by atoms with E-state index in [0.717, 1.165) is 88.1 Å². The van der Waals surface area contributed by atoms with Crippen LogP contribution < -0.4 is 17.1 Å². The van der Waals surface area contributed by atoms with Crippen LogP contribution in [0.2, 0.25) is 0 Å². The van der Waals surface area contributed by atoms with Gasteiger partial charge in [-0.25, -0.2) is 23.2 Å². The monoisotopic (exact) mass is 1290 g/mol. The summed E-state index contributed by atoms with van der Waals surface area (Å²) in [5.41, 5.74) is 8.12. The number of rotatable bonds is 18. The van der Waals surface area contributed by atoms with E-state index in [9.17, 15) is 58.3 Å². The van der Waals surface area contributed by atoms with E-state index in [0.29, 0.717) is 28.8 Å². The number of hydrogen-bond donors (Lipinski definition) is 0. The zero-order chi connectivity index (χ0) is 65.3. The van der Waals surface area contributed by atoms with Gasteiger partial charge >= 0.3 is 35.6 Å². The van der Waals surface area contributed by atoms with Gasteiger partial charge in [-0.3, -0.25) is 42.4 Å². The van der Waals surface area contributed by atoms with Crippen LogP contribution in [-0.4, -0.2) is 74.6 Å². The summed E-state index contributed by atoms with van der Waals surface area (Å²) in [4.78, 5) is 51.9. The van der Waals surface area contributed by atoms with Crippen molar-refractivity contribution in [3.05, 3.63) is 194 Å². The lowest BCUT2D eigenvalue weighted by atomic mass is 10.2. The fraction of sp³-hybridized carbons (Fsp3) is 0.373. The van der Waals surface area contributed by atoms with Crippen LogP contribution in [0.25, 0.3) is 65.8 Å². The molecule has 3 aromatic carbocycles. The maximum Gasteiger partial charge on any atom is 0.389 e. The predicted molar refractivity (Wildman–Crippen MR) is 330 cm³/mol. The second kappa shape index (κ2) is 24.7. The Labute approximate surface area is 522 Å². The van der Waals surface area contributed by atoms with E-state index in [-0.39, 0.29) is 104 Å². The number of halogens is 11. The van der Waals surface area contributed by atoms with Crippen molar-refractivity contribution in [3.8, 4) is 0 Å². The first-order valence-electron chi connectivity index (χ1n) is 31.0. The van der Waals surface area contributed by atoms with Gasteiger partial charge in [0.1, 0.15) is 11.3 Å². The Bertz CT molecular complexity index is 4750. The Morgan fingerprint density at radius 2 is 0.849 bits per heavy atom. The Kier molecular flexibility index (Phi) is 16.6. The van der Waals surface area contributed by atoms with Gasteiger partial charge in [-0.1, -0.05) is 30.3 Å². The minimum Gasteiger partial charge on any atom is -0.343 e. The number of aromatic nitrogens is 12. The maximum absolute atomic E-state index is 15.3. The third-order valence-corrected chi connectivity index (χ3v) is 17.8. The van der Waals surface area contributed by atoms with Gasteiger partial charge in [0.15, 0.2) is 5.82 Å². The van der Waals surface area contributed by atoms with E-state index in [1.165, 1.54) is 27.6 Å². The van der Waals surface area contributed by atoms with E-state index < -0.39 is 49.4 Å². The summed E-state index contributed by atoms with van der Waals surface area (Å²) in [5.74, 6) is -1.04. The molecule has 15 rings (SSSR count). The summed E-state index contributed by atoms with van der Waals surface area (Å²) < 4.78 is 160. The molecule has 0 bridgehead atoms. The Balaban J connectivity index is 0.000000127. The molecule has 3 saturated carbocycles. The summed E-state index contributed by atoms with van der Waals surface area (Å²) in [6, 6.07) is 27.1. The molecule has 0 radical (unpaired) electrons. The molecule has 0 spiro atoms. The molecule has 26 heteroatoms. The fourth-order valence-corrected chi connectivity index (χ4v) is 13.1. The second-order valence-corrected chi connectivity index (χ2v) is 24.3. The number of aryl methyl sites for hydroxylation is 4. The first-order valence-corrected chi connectivity index (χ1v) is 31.0. The van der Waals surface area contributed by atoms with Crippen molar-refractivity contribution >= 4 is 65.8 Å². The maximum atomic E-state index is 15.3. The quantitative estimate of drug-likeness (QED) is 0.0785. The van der Waals surface area contributed by atoms with Crippen LogP contribution in [0.15, 0.2) is 143 Å². The predicted octanol–water partition coefficient (Wildman–Crippen LogP) is 15.2. The summed E-state index contributed by atoms with van der Waals surface area (Å²) >= 11 is 0. The SMILES string of the molecule is Cc1c(Cn2c(=O)n(C3CC3)c3ccccc32)n(CCCC(F)(F)F)c2ccncc12.O=c1n(Cc2c(F)c3cnccc3n2CCCC(F)(F)F)c2ccccc2n1C1CC1.O=c1n(Cc2cc3cnccc3n2CCCC(F)(F)F)c2c(F)cccc2n1C1CC1. The molecule has 0 aliphatic heterocycles. The summed E-state index contributed by atoms with van der Waals surface area (Å²) in [6.45, 7) is 2.63. The lowest BCUT2D eigenvalue weighted by Crippen LogP contribution is -2.25. The molecule has 3 aliphatic rings. The van der Waals surface area contributed by atoms with Crippen molar-refractivity contribution < 1.29 is 48.3 Å². The zero-order valence-electron chi connectivity index (χ0n) is 50.3. The lowest BCUT2D eigenvalue weighted by molar-refractivity contribution is -0.136. The van der Waals surface area contributed by atoms with Crippen LogP contribution in [0, 0.1) is 18.6 Å². The molecule has 93 heavy (non-hydrogen) atoms. The summed E-state index contributed by atoms with van der Waals surface area (Å²) in [6.07, 6.45) is -0.631. The van der Waals surface area contributed by atoms with Crippen molar-refractivity contribution in [2.45, 2.75) is 160 Å². The summed E-state index contributed by atoms with van der Waals surface area (Å²) in [7, 11) is 0. The van der Waals surface area contributed by atoms with Gasteiger partial charge in [0, 0.05) is 116 Å². The molecule has 3 fully saturated rings. The highest BCUT2D eigenvalue weighted by Gasteiger charge is 2.34. The number of pyridine rings is 3. The number of benzene rings is 3. The van der Waals surface area contributed by atoms with Gasteiger partial charge in [-0.05, 0) is 131 Å². The normalized spacial score (nSPS) is 14.7. The van der Waals surface area contributed by atoms with Crippen LogP contribution in [0.3, 0.4) is 0 Å². The zero-order valence-corrected chi connectivity index (χ0v) is 50.3. The van der Waals surface area contributed by atoms with Gasteiger partial charge in [-0.2, -0.15) is 39.5 Å². The highest BCUT2D eigenvalue weighted by Crippen LogP contribution is 2.40. The number of alkyl halides is 9. The fourth-order valence-electron chi connectivity index (χ4n) is 13.1. The third kappa shape index (κ3) is 12.8. The highest BCUT2D eigenvalue weighted by molar-refractivity contribution is 5.85. The van der Waals surface area contributed by atoms with E-state index in [1.807, 2.05) is 76.7 Å². The summed E-state index contributed by atoms with van der Waals surface area (Å²) in [5, 5.41) is 1.91. The third-order valence-electron chi connectivity index (χ3n) is 17.8. The largest absolute Gasteiger partial charge is 0.389 e. The molecule has 0 amide bonds. The van der Waals surface area contributed by atoms with E-state index in [4.69, 9.17) is 0 Å². The molecule has 0 saturated heterocycles. The average molecular weight is 1290 g/mol. The molecule has 9 aromatic heterocycles. The van der Waals surface area contributed by atoms with Crippen molar-refractivity contribution in [2.24, 2.45) is 0 Å². The van der Waals surface area contributed by atoms with Crippen molar-refractivity contribution in [1.82, 2.24) is 56.1 Å². The van der Waals surface area contributed by atoms with Crippen molar-refractivity contribution in [1.29, 1.82) is 0 Å². The van der Waals surface area contributed by atoms with Gasteiger partial charge in [-0.15, -0.1) is 0 Å². The molecule has 0 unspecified atom stereocenters. The molecule has 12 aromatic rings.